The number of nitrogens with zero attached hydrogens (tertiary/aromatic N) is 2. The molecule has 2 heteroatoms. The molecule has 0 saturated carbocycles. The molecule has 0 aromatic heterocycles. The van der Waals surface area contributed by atoms with E-state index in [-0.39, 0.29) is 0 Å². The Balaban J connectivity index is 2.84. The smallest absolute Gasteiger partial charge is 0.0906 e. The highest BCUT2D eigenvalue weighted by Gasteiger charge is 2.09. The summed E-state index contributed by atoms with van der Waals surface area (Å²) in [7, 11) is 0. The predicted molar refractivity (Wildman–Crippen MR) is 108 cm³/mol. The van der Waals surface area contributed by atoms with E-state index < -0.39 is 0 Å². The van der Waals surface area contributed by atoms with Gasteiger partial charge in [-0.05, 0) is 69.2 Å². The average Bonchev–Trinajstić information content (AvgIpc) is 2.56. The van der Waals surface area contributed by atoms with Crippen LogP contribution >= 0.6 is 0 Å². The van der Waals surface area contributed by atoms with Crippen LogP contribution in [0.25, 0.3) is 0 Å². The van der Waals surface area contributed by atoms with Gasteiger partial charge in [0.15, 0.2) is 0 Å². The number of allylic oxidation sites excluding steroid dienone is 2. The maximum Gasteiger partial charge on any atom is 0.0906 e. The second kappa shape index (κ2) is 9.82. The summed E-state index contributed by atoms with van der Waals surface area (Å²) in [5.41, 5.74) is 7.29. The summed E-state index contributed by atoms with van der Waals surface area (Å²) in [4.78, 5) is 8.98. The van der Waals surface area contributed by atoms with Crippen molar-refractivity contribution in [3.05, 3.63) is 71.1 Å². The highest BCUT2D eigenvalue weighted by molar-refractivity contribution is 5.80. The van der Waals surface area contributed by atoms with Gasteiger partial charge in [0.2, 0.25) is 0 Å². The largest absolute Gasteiger partial charge is 0.261 e. The van der Waals surface area contributed by atoms with Crippen LogP contribution in [0.2, 0.25) is 0 Å². The van der Waals surface area contributed by atoms with Crippen LogP contribution in [0.1, 0.15) is 52.2 Å². The highest BCUT2D eigenvalue weighted by atomic mass is 14.8. The van der Waals surface area contributed by atoms with E-state index in [1.165, 1.54) is 11.1 Å². The molecule has 24 heavy (non-hydrogen) atoms. The van der Waals surface area contributed by atoms with Gasteiger partial charge in [0.05, 0.1) is 11.4 Å². The first-order chi connectivity index (χ1) is 11.4. The molecule has 0 aliphatic carbocycles. The van der Waals surface area contributed by atoms with Crippen molar-refractivity contribution in [1.29, 1.82) is 0 Å². The fraction of sp³-hybridized carbons (Fsp3) is 0.364. The Morgan fingerprint density at radius 2 is 1.62 bits per heavy atom. The minimum Gasteiger partial charge on any atom is -0.261 e. The fourth-order valence-electron chi connectivity index (χ4n) is 2.46. The summed E-state index contributed by atoms with van der Waals surface area (Å²) in [5.74, 6) is 0. The lowest BCUT2D eigenvalue weighted by molar-refractivity contribution is 0.947. The standard InChI is InChI=1S/C22H30N2/c1-8-20-12-14-21(15-13-20)11-10-17(5)18(6)22(23-9-2)19(7)24-16(3)4/h9,12-15H,5-6,8,10-11H2,1-4,7H3/b22-19+,23-9?. The second-order valence-corrected chi connectivity index (χ2v) is 6.13. The number of benzene rings is 1. The van der Waals surface area contributed by atoms with Crippen molar-refractivity contribution in [2.75, 3.05) is 0 Å². The first-order valence-electron chi connectivity index (χ1n) is 8.55. The lowest BCUT2D eigenvalue weighted by Crippen LogP contribution is -1.97. The summed E-state index contributed by atoms with van der Waals surface area (Å²) in [6, 6.07) is 8.79. The molecule has 0 spiro atoms. The zero-order valence-corrected chi connectivity index (χ0v) is 15.8. The monoisotopic (exact) mass is 322 g/mol. The Morgan fingerprint density at radius 1 is 1.04 bits per heavy atom. The molecule has 0 heterocycles. The second-order valence-electron chi connectivity index (χ2n) is 6.13. The molecular weight excluding hydrogens is 292 g/mol. The first-order valence-corrected chi connectivity index (χ1v) is 8.55. The molecule has 0 N–H and O–H groups in total. The maximum absolute atomic E-state index is 4.52. The summed E-state index contributed by atoms with van der Waals surface area (Å²) >= 11 is 0. The lowest BCUT2D eigenvalue weighted by atomic mass is 9.97. The Labute approximate surface area is 147 Å². The summed E-state index contributed by atoms with van der Waals surface area (Å²) < 4.78 is 0. The zero-order valence-electron chi connectivity index (χ0n) is 15.8. The van der Waals surface area contributed by atoms with Crippen molar-refractivity contribution in [2.45, 2.75) is 53.9 Å². The van der Waals surface area contributed by atoms with Gasteiger partial charge in [-0.3, -0.25) is 9.98 Å². The van der Waals surface area contributed by atoms with E-state index in [0.29, 0.717) is 0 Å². The molecule has 0 bridgehead atoms. The molecule has 0 aliphatic rings. The minimum absolute atomic E-state index is 0.824. The number of rotatable bonds is 8. The van der Waals surface area contributed by atoms with Crippen LogP contribution in [-0.4, -0.2) is 11.9 Å². The Bertz CT molecular complexity index is 666. The summed E-state index contributed by atoms with van der Waals surface area (Å²) in [6.45, 7) is 18.4. The van der Waals surface area contributed by atoms with Crippen molar-refractivity contribution in [3.8, 4) is 0 Å². The molecule has 0 radical (unpaired) electrons. The molecule has 0 unspecified atom stereocenters. The van der Waals surface area contributed by atoms with Crippen LogP contribution < -0.4 is 0 Å². The molecule has 2 nitrogen and oxygen atoms in total. The van der Waals surface area contributed by atoms with E-state index in [0.717, 1.165) is 47.5 Å². The maximum atomic E-state index is 4.52. The Kier molecular flexibility index (Phi) is 8.11. The molecule has 0 saturated heterocycles. The lowest BCUT2D eigenvalue weighted by Gasteiger charge is -2.12. The van der Waals surface area contributed by atoms with Gasteiger partial charge in [-0.1, -0.05) is 44.3 Å². The minimum atomic E-state index is 0.824. The van der Waals surface area contributed by atoms with E-state index in [4.69, 9.17) is 0 Å². The van der Waals surface area contributed by atoms with Gasteiger partial charge in [-0.25, -0.2) is 0 Å². The normalized spacial score (nSPS) is 12.0. The van der Waals surface area contributed by atoms with Crippen molar-refractivity contribution in [1.82, 2.24) is 0 Å². The number of aliphatic imine (C=N–C) groups is 2. The summed E-state index contributed by atoms with van der Waals surface area (Å²) in [6.07, 6.45) is 4.68. The van der Waals surface area contributed by atoms with Crippen LogP contribution in [-0.2, 0) is 12.8 Å². The number of hydrogen-bond acceptors (Lipinski definition) is 2. The molecule has 0 aliphatic heterocycles. The van der Waals surface area contributed by atoms with Gasteiger partial charge in [0.1, 0.15) is 0 Å². The van der Waals surface area contributed by atoms with E-state index in [2.05, 4.69) is 54.3 Å². The van der Waals surface area contributed by atoms with Crippen molar-refractivity contribution in [2.24, 2.45) is 9.98 Å². The van der Waals surface area contributed by atoms with Gasteiger partial charge >= 0.3 is 0 Å². The molecule has 0 amide bonds. The molecule has 1 aromatic carbocycles. The quantitative estimate of drug-likeness (QED) is 0.408. The SMILES string of the molecule is C=C(CCc1ccc(CC)cc1)C(=C)/C(N=CC)=C(/C)N=C(C)C. The van der Waals surface area contributed by atoms with Gasteiger partial charge in [-0.2, -0.15) is 0 Å². The molecule has 0 fully saturated rings. The van der Waals surface area contributed by atoms with Crippen molar-refractivity contribution < 1.29 is 0 Å². The summed E-state index contributed by atoms with van der Waals surface area (Å²) in [5, 5.41) is 0. The molecule has 1 rings (SSSR count). The van der Waals surface area contributed by atoms with Gasteiger partial charge < -0.3 is 0 Å². The first kappa shape index (κ1) is 19.8. The van der Waals surface area contributed by atoms with Crippen LogP contribution in [0.5, 0.6) is 0 Å². The molecule has 0 atom stereocenters. The number of aryl methyl sites for hydroxylation is 2. The number of hydrogen-bond donors (Lipinski definition) is 0. The van der Waals surface area contributed by atoms with Gasteiger partial charge in [0.25, 0.3) is 0 Å². The predicted octanol–water partition coefficient (Wildman–Crippen LogP) is 6.10. The van der Waals surface area contributed by atoms with Crippen LogP contribution in [0.4, 0.5) is 0 Å². The highest BCUT2D eigenvalue weighted by Crippen LogP contribution is 2.25. The van der Waals surface area contributed by atoms with E-state index in [1.807, 2.05) is 27.7 Å². The van der Waals surface area contributed by atoms with E-state index >= 15 is 0 Å². The van der Waals surface area contributed by atoms with Gasteiger partial charge in [-0.15, -0.1) is 0 Å². The van der Waals surface area contributed by atoms with Crippen molar-refractivity contribution >= 4 is 11.9 Å². The van der Waals surface area contributed by atoms with Crippen molar-refractivity contribution in [3.63, 3.8) is 0 Å². The van der Waals surface area contributed by atoms with Gasteiger partial charge in [0, 0.05) is 11.9 Å². The Morgan fingerprint density at radius 3 is 2.12 bits per heavy atom. The third-order valence-corrected chi connectivity index (χ3v) is 3.85. The van der Waals surface area contributed by atoms with Crippen LogP contribution in [0.3, 0.4) is 0 Å². The third kappa shape index (κ3) is 6.11. The molecule has 128 valence electrons. The van der Waals surface area contributed by atoms with Crippen LogP contribution in [0.15, 0.2) is 69.9 Å². The zero-order chi connectivity index (χ0) is 18.1. The Hall–Kier alpha value is -2.22. The fourth-order valence-corrected chi connectivity index (χ4v) is 2.46. The van der Waals surface area contributed by atoms with E-state index in [1.54, 1.807) is 6.21 Å². The molecular formula is C22H30N2. The van der Waals surface area contributed by atoms with E-state index in [9.17, 15) is 0 Å². The average molecular weight is 322 g/mol. The third-order valence-electron chi connectivity index (χ3n) is 3.85. The topological polar surface area (TPSA) is 24.7 Å². The molecule has 1 aromatic rings. The van der Waals surface area contributed by atoms with Crippen LogP contribution in [0, 0.1) is 0 Å².